The minimum Gasteiger partial charge on any atom is -0.497 e. The maximum Gasteiger partial charge on any atom is 0.254 e. The second-order valence-corrected chi connectivity index (χ2v) is 8.32. The van der Waals surface area contributed by atoms with Crippen molar-refractivity contribution >= 4 is 11.8 Å². The van der Waals surface area contributed by atoms with E-state index in [4.69, 9.17) is 9.15 Å². The number of hydrogen-bond donors (Lipinski definition) is 0. The van der Waals surface area contributed by atoms with Gasteiger partial charge in [-0.2, -0.15) is 0 Å². The fourth-order valence-electron chi connectivity index (χ4n) is 3.59. The highest BCUT2D eigenvalue weighted by molar-refractivity contribution is 5.96. The van der Waals surface area contributed by atoms with Gasteiger partial charge in [-0.15, -0.1) is 0 Å². The van der Waals surface area contributed by atoms with Crippen LogP contribution in [0.25, 0.3) is 0 Å². The predicted molar refractivity (Wildman–Crippen MR) is 128 cm³/mol. The van der Waals surface area contributed by atoms with E-state index in [2.05, 4.69) is 0 Å². The lowest BCUT2D eigenvalue weighted by molar-refractivity contribution is -0.133. The number of amides is 2. The molecule has 0 N–H and O–H groups in total. The molecule has 174 valence electrons. The first kappa shape index (κ1) is 24.1. The fourth-order valence-corrected chi connectivity index (χ4v) is 3.59. The van der Waals surface area contributed by atoms with Crippen molar-refractivity contribution in [3.05, 3.63) is 89.4 Å². The van der Waals surface area contributed by atoms with Crippen molar-refractivity contribution in [2.75, 3.05) is 20.2 Å². The molecule has 0 fully saturated rings. The summed E-state index contributed by atoms with van der Waals surface area (Å²) in [5.41, 5.74) is 1.68. The highest BCUT2D eigenvalue weighted by Gasteiger charge is 2.25. The van der Waals surface area contributed by atoms with Gasteiger partial charge in [0.25, 0.3) is 5.91 Å². The van der Waals surface area contributed by atoms with Crippen LogP contribution in [0, 0.1) is 6.92 Å². The number of furan rings is 1. The number of carbonyl (C=O) groups is 2. The second-order valence-electron chi connectivity index (χ2n) is 8.32. The lowest BCUT2D eigenvalue weighted by Crippen LogP contribution is -2.46. The molecule has 3 aromatic rings. The highest BCUT2D eigenvalue weighted by atomic mass is 16.5. The van der Waals surface area contributed by atoms with E-state index < -0.39 is 0 Å². The first-order valence-electron chi connectivity index (χ1n) is 11.2. The number of hydrogen-bond acceptors (Lipinski definition) is 4. The van der Waals surface area contributed by atoms with Crippen LogP contribution in [0.4, 0.5) is 0 Å². The lowest BCUT2D eigenvalue weighted by Gasteiger charge is -2.30. The van der Waals surface area contributed by atoms with Crippen LogP contribution in [0.2, 0.25) is 0 Å². The Bertz CT molecular complexity index is 1040. The van der Waals surface area contributed by atoms with Gasteiger partial charge in [0.1, 0.15) is 23.8 Å². The third-order valence-electron chi connectivity index (χ3n) is 5.54. The summed E-state index contributed by atoms with van der Waals surface area (Å²) in [5.74, 6) is 1.92. The van der Waals surface area contributed by atoms with Crippen LogP contribution < -0.4 is 4.74 Å². The molecule has 0 bridgehead atoms. The average Bonchev–Trinajstić information content (AvgIpc) is 3.24. The molecule has 2 aromatic carbocycles. The molecule has 0 aliphatic heterocycles. The van der Waals surface area contributed by atoms with Gasteiger partial charge in [-0.1, -0.05) is 30.3 Å². The summed E-state index contributed by atoms with van der Waals surface area (Å²) in [6, 6.07) is 20.6. The summed E-state index contributed by atoms with van der Waals surface area (Å²) in [7, 11) is 1.58. The van der Waals surface area contributed by atoms with Gasteiger partial charge >= 0.3 is 0 Å². The zero-order valence-electron chi connectivity index (χ0n) is 19.8. The van der Waals surface area contributed by atoms with Gasteiger partial charge in [0.2, 0.25) is 5.91 Å². The minimum absolute atomic E-state index is 0.00297. The second kappa shape index (κ2) is 11.4. The molecule has 6 heteroatoms. The van der Waals surface area contributed by atoms with Crippen LogP contribution in [-0.2, 0) is 17.8 Å². The van der Waals surface area contributed by atoms with Gasteiger partial charge in [-0.25, -0.2) is 0 Å². The lowest BCUT2D eigenvalue weighted by atomic mass is 10.1. The number of methoxy groups -OCH3 is 1. The fraction of sp³-hybridized carbons (Fsp3) is 0.333. The molecule has 0 unspecified atom stereocenters. The number of ether oxygens (including phenoxy) is 1. The zero-order valence-corrected chi connectivity index (χ0v) is 19.8. The number of nitrogens with zero attached hydrogens (tertiary/aromatic N) is 2. The van der Waals surface area contributed by atoms with Gasteiger partial charge in [0.05, 0.1) is 13.7 Å². The molecule has 0 aliphatic carbocycles. The Morgan fingerprint density at radius 1 is 0.970 bits per heavy atom. The Morgan fingerprint density at radius 2 is 1.67 bits per heavy atom. The van der Waals surface area contributed by atoms with E-state index in [1.807, 2.05) is 63.2 Å². The normalized spacial score (nSPS) is 10.8. The standard InChI is InChI=1S/C27H32N2O4/c1-20(2)29(27(31)23-11-14-24(32-4)15-12-23)19-26(30)28(18-25-13-10-21(3)33-25)17-16-22-8-6-5-7-9-22/h5-15,20H,16-19H2,1-4H3. The molecule has 0 saturated carbocycles. The molecule has 0 atom stereocenters. The highest BCUT2D eigenvalue weighted by Crippen LogP contribution is 2.16. The van der Waals surface area contributed by atoms with E-state index in [1.54, 1.807) is 41.2 Å². The smallest absolute Gasteiger partial charge is 0.254 e. The van der Waals surface area contributed by atoms with E-state index in [9.17, 15) is 9.59 Å². The van der Waals surface area contributed by atoms with Crippen molar-refractivity contribution in [1.82, 2.24) is 9.80 Å². The quantitative estimate of drug-likeness (QED) is 0.450. The molecule has 33 heavy (non-hydrogen) atoms. The Labute approximate surface area is 195 Å². The topological polar surface area (TPSA) is 63.0 Å². The van der Waals surface area contributed by atoms with E-state index >= 15 is 0 Å². The van der Waals surface area contributed by atoms with Crippen molar-refractivity contribution in [1.29, 1.82) is 0 Å². The Morgan fingerprint density at radius 3 is 2.24 bits per heavy atom. The Hall–Kier alpha value is -3.54. The molecule has 0 spiro atoms. The molecule has 0 radical (unpaired) electrons. The molecule has 1 heterocycles. The first-order valence-corrected chi connectivity index (χ1v) is 11.2. The maximum absolute atomic E-state index is 13.4. The summed E-state index contributed by atoms with van der Waals surface area (Å²) in [6.45, 7) is 6.61. The van der Waals surface area contributed by atoms with E-state index in [0.29, 0.717) is 24.4 Å². The number of aryl methyl sites for hydroxylation is 1. The van der Waals surface area contributed by atoms with Crippen LogP contribution in [0.5, 0.6) is 5.75 Å². The molecule has 1 aromatic heterocycles. The number of carbonyl (C=O) groups excluding carboxylic acids is 2. The van der Waals surface area contributed by atoms with E-state index in [-0.39, 0.29) is 24.4 Å². The Kier molecular flexibility index (Phi) is 8.30. The summed E-state index contributed by atoms with van der Waals surface area (Å²) in [4.78, 5) is 29.9. The Balaban J connectivity index is 1.75. The van der Waals surface area contributed by atoms with Crippen LogP contribution in [0.3, 0.4) is 0 Å². The van der Waals surface area contributed by atoms with Crippen molar-refractivity contribution in [3.63, 3.8) is 0 Å². The molecule has 6 nitrogen and oxygen atoms in total. The molecular weight excluding hydrogens is 416 g/mol. The molecular formula is C27H32N2O4. The zero-order chi connectivity index (χ0) is 23.8. The van der Waals surface area contributed by atoms with Gasteiger partial charge < -0.3 is 19.0 Å². The molecule has 0 saturated heterocycles. The minimum atomic E-state index is -0.183. The van der Waals surface area contributed by atoms with Crippen LogP contribution >= 0.6 is 0 Å². The SMILES string of the molecule is COc1ccc(C(=O)N(CC(=O)N(CCc2ccccc2)Cc2ccc(C)o2)C(C)C)cc1. The number of benzene rings is 2. The van der Waals surface area contributed by atoms with Gasteiger partial charge in [0.15, 0.2) is 0 Å². The largest absolute Gasteiger partial charge is 0.497 e. The van der Waals surface area contributed by atoms with Crippen molar-refractivity contribution < 1.29 is 18.7 Å². The van der Waals surface area contributed by atoms with Crippen LogP contribution in [0.15, 0.2) is 71.1 Å². The summed E-state index contributed by atoms with van der Waals surface area (Å²) >= 11 is 0. The molecule has 3 rings (SSSR count). The van der Waals surface area contributed by atoms with Gasteiger partial charge in [0, 0.05) is 18.2 Å². The predicted octanol–water partition coefficient (Wildman–Crippen LogP) is 4.72. The monoisotopic (exact) mass is 448 g/mol. The number of rotatable bonds is 10. The van der Waals surface area contributed by atoms with E-state index in [0.717, 1.165) is 23.5 Å². The van der Waals surface area contributed by atoms with Crippen molar-refractivity contribution in [2.45, 2.75) is 39.8 Å². The summed E-state index contributed by atoms with van der Waals surface area (Å²) in [5, 5.41) is 0. The summed E-state index contributed by atoms with van der Waals surface area (Å²) < 4.78 is 10.9. The third-order valence-corrected chi connectivity index (χ3v) is 5.54. The van der Waals surface area contributed by atoms with Gasteiger partial charge in [-0.05, 0) is 69.2 Å². The van der Waals surface area contributed by atoms with Crippen molar-refractivity contribution in [2.24, 2.45) is 0 Å². The third kappa shape index (κ3) is 6.72. The maximum atomic E-state index is 13.4. The van der Waals surface area contributed by atoms with E-state index in [1.165, 1.54) is 0 Å². The van der Waals surface area contributed by atoms with Gasteiger partial charge in [-0.3, -0.25) is 9.59 Å². The van der Waals surface area contributed by atoms with Crippen LogP contribution in [-0.4, -0.2) is 47.9 Å². The first-order chi connectivity index (χ1) is 15.9. The average molecular weight is 449 g/mol. The van der Waals surface area contributed by atoms with Crippen molar-refractivity contribution in [3.8, 4) is 5.75 Å². The van der Waals surface area contributed by atoms with Crippen LogP contribution in [0.1, 0.15) is 41.3 Å². The molecule has 2 amide bonds. The summed E-state index contributed by atoms with van der Waals surface area (Å²) in [6.07, 6.45) is 0.723. The molecule has 0 aliphatic rings.